The molecule has 40 heavy (non-hydrogen) atoms. The van der Waals surface area contributed by atoms with Gasteiger partial charge in [0.2, 0.25) is 0 Å². The zero-order chi connectivity index (χ0) is 28.5. The van der Waals surface area contributed by atoms with Crippen molar-refractivity contribution in [1.29, 1.82) is 5.26 Å². The number of ether oxygens (including phenoxy) is 3. The van der Waals surface area contributed by atoms with Gasteiger partial charge in [0.15, 0.2) is 11.5 Å². The van der Waals surface area contributed by atoms with Crippen LogP contribution in [0.3, 0.4) is 0 Å². The van der Waals surface area contributed by atoms with Crippen molar-refractivity contribution in [3.05, 3.63) is 106 Å². The van der Waals surface area contributed by atoms with E-state index in [2.05, 4.69) is 39.4 Å². The molecule has 0 radical (unpaired) electrons. The topological polar surface area (TPSA) is 97.7 Å². The molecule has 0 heterocycles. The van der Waals surface area contributed by atoms with Crippen LogP contribution in [0.2, 0.25) is 0 Å². The van der Waals surface area contributed by atoms with Crippen molar-refractivity contribution in [3.63, 3.8) is 0 Å². The molecule has 4 rings (SSSR count). The van der Waals surface area contributed by atoms with Gasteiger partial charge in [0.05, 0.1) is 23.2 Å². The summed E-state index contributed by atoms with van der Waals surface area (Å²) in [5.41, 5.74) is 2.32. The predicted molar refractivity (Wildman–Crippen MR) is 158 cm³/mol. The molecule has 0 aliphatic heterocycles. The first-order valence-corrected chi connectivity index (χ1v) is 13.5. The van der Waals surface area contributed by atoms with Crippen molar-refractivity contribution in [2.75, 3.05) is 18.5 Å². The second kappa shape index (κ2) is 13.5. The third-order valence-electron chi connectivity index (χ3n) is 5.91. The number of esters is 1. The number of anilines is 1. The Morgan fingerprint density at radius 3 is 2.42 bits per heavy atom. The lowest BCUT2D eigenvalue weighted by molar-refractivity contribution is -0.112. The Hall–Kier alpha value is -4.61. The van der Waals surface area contributed by atoms with Gasteiger partial charge in [-0.05, 0) is 94.2 Å². The van der Waals surface area contributed by atoms with E-state index >= 15 is 0 Å². The molecule has 4 aromatic rings. The SMILES string of the molecule is CCOC(=O)c1ccc(NC(=O)/C(C#N)=C/c2cc(Br)c(OCc3cccc4ccccc34)c(OCC)c2)cc1. The number of hydrogen-bond acceptors (Lipinski definition) is 6. The number of nitriles is 1. The molecule has 0 unspecified atom stereocenters. The first-order valence-electron chi connectivity index (χ1n) is 12.7. The van der Waals surface area contributed by atoms with Crippen LogP contribution in [0.4, 0.5) is 5.69 Å². The Bertz CT molecular complexity index is 1600. The first-order chi connectivity index (χ1) is 19.4. The maximum atomic E-state index is 12.8. The van der Waals surface area contributed by atoms with Gasteiger partial charge < -0.3 is 19.5 Å². The second-order valence-corrected chi connectivity index (χ2v) is 9.47. The van der Waals surface area contributed by atoms with Gasteiger partial charge in [0.1, 0.15) is 18.2 Å². The molecular formula is C32H27BrN2O5. The lowest BCUT2D eigenvalue weighted by Crippen LogP contribution is -2.13. The fourth-order valence-corrected chi connectivity index (χ4v) is 4.63. The lowest BCUT2D eigenvalue weighted by atomic mass is 10.1. The van der Waals surface area contributed by atoms with Crippen LogP contribution in [0.5, 0.6) is 11.5 Å². The largest absolute Gasteiger partial charge is 0.490 e. The van der Waals surface area contributed by atoms with Crippen LogP contribution in [0.15, 0.2) is 88.9 Å². The van der Waals surface area contributed by atoms with Crippen LogP contribution in [0.25, 0.3) is 16.8 Å². The molecule has 0 atom stereocenters. The molecule has 0 bridgehead atoms. The number of carbonyl (C=O) groups is 2. The van der Waals surface area contributed by atoms with Gasteiger partial charge in [-0.3, -0.25) is 4.79 Å². The number of hydrogen-bond donors (Lipinski definition) is 1. The molecule has 8 heteroatoms. The summed E-state index contributed by atoms with van der Waals surface area (Å²) in [5, 5.41) is 14.6. The Balaban J connectivity index is 1.53. The van der Waals surface area contributed by atoms with Crippen LogP contribution in [0, 0.1) is 11.3 Å². The average molecular weight is 599 g/mol. The third kappa shape index (κ3) is 6.87. The number of nitrogens with zero attached hydrogens (tertiary/aromatic N) is 1. The second-order valence-electron chi connectivity index (χ2n) is 8.61. The molecule has 0 fully saturated rings. The van der Waals surface area contributed by atoms with E-state index in [0.717, 1.165) is 16.3 Å². The number of halogens is 1. The molecule has 0 aliphatic rings. The fraction of sp³-hybridized carbons (Fsp3) is 0.156. The number of rotatable bonds is 10. The number of nitrogens with one attached hydrogen (secondary N) is 1. The van der Waals surface area contributed by atoms with E-state index in [4.69, 9.17) is 14.2 Å². The summed E-state index contributed by atoms with van der Waals surface area (Å²) >= 11 is 3.57. The Labute approximate surface area is 241 Å². The summed E-state index contributed by atoms with van der Waals surface area (Å²) in [6.07, 6.45) is 1.48. The minimum Gasteiger partial charge on any atom is -0.490 e. The Kier molecular flexibility index (Phi) is 9.55. The Morgan fingerprint density at radius 2 is 1.70 bits per heavy atom. The summed E-state index contributed by atoms with van der Waals surface area (Å²) in [6, 6.07) is 25.9. The molecular weight excluding hydrogens is 572 g/mol. The monoisotopic (exact) mass is 598 g/mol. The average Bonchev–Trinajstić information content (AvgIpc) is 2.96. The molecule has 0 aromatic heterocycles. The lowest BCUT2D eigenvalue weighted by Gasteiger charge is -2.16. The van der Waals surface area contributed by atoms with E-state index in [1.54, 1.807) is 43.3 Å². The molecule has 202 valence electrons. The predicted octanol–water partition coefficient (Wildman–Crippen LogP) is 7.30. The summed E-state index contributed by atoms with van der Waals surface area (Å²) in [4.78, 5) is 24.7. The minimum atomic E-state index is -0.586. The van der Waals surface area contributed by atoms with Gasteiger partial charge in [-0.1, -0.05) is 42.5 Å². The zero-order valence-corrected chi connectivity index (χ0v) is 23.7. The number of carbonyl (C=O) groups excluding carboxylic acids is 2. The highest BCUT2D eigenvalue weighted by molar-refractivity contribution is 9.10. The van der Waals surface area contributed by atoms with Crippen LogP contribution in [-0.2, 0) is 16.1 Å². The van der Waals surface area contributed by atoms with E-state index in [1.165, 1.54) is 6.08 Å². The van der Waals surface area contributed by atoms with Gasteiger partial charge in [-0.25, -0.2) is 4.79 Å². The first kappa shape index (κ1) is 28.4. The Morgan fingerprint density at radius 1 is 0.950 bits per heavy atom. The summed E-state index contributed by atoms with van der Waals surface area (Å²) in [5.74, 6) is -0.0258. The highest BCUT2D eigenvalue weighted by Gasteiger charge is 2.16. The van der Waals surface area contributed by atoms with E-state index in [9.17, 15) is 14.9 Å². The standard InChI is InChI=1S/C32H27BrN2O5/c1-3-38-29-18-21(16-25(19-34)31(36)35-26-14-12-23(13-15-26)32(37)39-4-2)17-28(33)30(29)40-20-24-10-7-9-22-8-5-6-11-27(22)24/h5-18H,3-4,20H2,1-2H3,(H,35,36)/b25-16+. The molecule has 1 amide bonds. The van der Waals surface area contributed by atoms with Crippen molar-refractivity contribution >= 4 is 50.3 Å². The van der Waals surface area contributed by atoms with Crippen molar-refractivity contribution in [2.45, 2.75) is 20.5 Å². The third-order valence-corrected chi connectivity index (χ3v) is 6.50. The van der Waals surface area contributed by atoms with Gasteiger partial charge >= 0.3 is 5.97 Å². The maximum absolute atomic E-state index is 12.8. The smallest absolute Gasteiger partial charge is 0.338 e. The van der Waals surface area contributed by atoms with E-state index in [0.29, 0.717) is 46.0 Å². The van der Waals surface area contributed by atoms with Gasteiger partial charge in [-0.15, -0.1) is 0 Å². The molecule has 0 saturated heterocycles. The van der Waals surface area contributed by atoms with E-state index < -0.39 is 11.9 Å². The summed E-state index contributed by atoms with van der Waals surface area (Å²) in [7, 11) is 0. The van der Waals surface area contributed by atoms with Crippen molar-refractivity contribution < 1.29 is 23.8 Å². The molecule has 1 N–H and O–H groups in total. The quantitative estimate of drug-likeness (QED) is 0.117. The molecule has 0 saturated carbocycles. The van der Waals surface area contributed by atoms with Crippen molar-refractivity contribution in [2.24, 2.45) is 0 Å². The van der Waals surface area contributed by atoms with Crippen LogP contribution in [0.1, 0.15) is 35.3 Å². The van der Waals surface area contributed by atoms with Gasteiger partial charge in [-0.2, -0.15) is 5.26 Å². The minimum absolute atomic E-state index is 0.103. The van der Waals surface area contributed by atoms with E-state index in [-0.39, 0.29) is 12.2 Å². The van der Waals surface area contributed by atoms with E-state index in [1.807, 2.05) is 37.3 Å². The molecule has 0 spiro atoms. The van der Waals surface area contributed by atoms with Crippen LogP contribution >= 0.6 is 15.9 Å². The van der Waals surface area contributed by atoms with Crippen molar-refractivity contribution in [3.8, 4) is 17.6 Å². The van der Waals surface area contributed by atoms with Gasteiger partial charge in [0, 0.05) is 5.69 Å². The normalized spacial score (nSPS) is 11.0. The summed E-state index contributed by atoms with van der Waals surface area (Å²) < 4.78 is 17.6. The van der Waals surface area contributed by atoms with Crippen LogP contribution < -0.4 is 14.8 Å². The maximum Gasteiger partial charge on any atom is 0.338 e. The number of fused-ring (bicyclic) bond motifs is 1. The number of benzene rings is 4. The fourth-order valence-electron chi connectivity index (χ4n) is 4.06. The van der Waals surface area contributed by atoms with Crippen LogP contribution in [-0.4, -0.2) is 25.1 Å². The highest BCUT2D eigenvalue weighted by atomic mass is 79.9. The van der Waals surface area contributed by atoms with Gasteiger partial charge in [0.25, 0.3) is 5.91 Å². The molecule has 0 aliphatic carbocycles. The summed E-state index contributed by atoms with van der Waals surface area (Å²) in [6.45, 7) is 4.59. The molecule has 4 aromatic carbocycles. The van der Waals surface area contributed by atoms with Crippen molar-refractivity contribution in [1.82, 2.24) is 0 Å². The number of amides is 1. The zero-order valence-electron chi connectivity index (χ0n) is 22.1. The highest BCUT2D eigenvalue weighted by Crippen LogP contribution is 2.38. The molecule has 7 nitrogen and oxygen atoms in total.